The quantitative estimate of drug-likeness (QED) is 0.703. The highest BCUT2D eigenvalue weighted by molar-refractivity contribution is 6.39. The van der Waals surface area contributed by atoms with E-state index in [9.17, 15) is 9.59 Å². The molecule has 7 nitrogen and oxygen atoms in total. The number of nitrogens with one attached hydrogen (secondary N) is 2. The Kier molecular flexibility index (Phi) is 7.58. The van der Waals surface area contributed by atoms with Crippen LogP contribution in [0.1, 0.15) is 25.3 Å². The van der Waals surface area contributed by atoms with Crippen LogP contribution in [0.2, 0.25) is 0 Å². The minimum absolute atomic E-state index is 0.391. The lowest BCUT2D eigenvalue weighted by molar-refractivity contribution is -0.136. The van der Waals surface area contributed by atoms with E-state index in [1.807, 2.05) is 19.2 Å². The number of hydrogen-bond acceptors (Lipinski definition) is 5. The molecule has 0 radical (unpaired) electrons. The van der Waals surface area contributed by atoms with Gasteiger partial charge < -0.3 is 15.4 Å². The third kappa shape index (κ3) is 6.57. The number of rotatable bonds is 7. The number of nitrogens with zero attached hydrogens (tertiary/aromatic N) is 2. The van der Waals surface area contributed by atoms with Gasteiger partial charge in [0.05, 0.1) is 6.61 Å². The van der Waals surface area contributed by atoms with Gasteiger partial charge in [0, 0.05) is 31.2 Å². The number of amides is 2. The SMILES string of the molecule is CCOc1ccc(NC(=O)C(=O)NCC2CCN(Cc3cccnc3)CC2)cc1. The second-order valence-corrected chi connectivity index (χ2v) is 7.20. The van der Waals surface area contributed by atoms with Crippen molar-refractivity contribution in [1.82, 2.24) is 15.2 Å². The summed E-state index contributed by atoms with van der Waals surface area (Å²) in [6.07, 6.45) is 5.68. The Bertz CT molecular complexity index is 787. The van der Waals surface area contributed by atoms with E-state index in [1.54, 1.807) is 30.5 Å². The number of carbonyl (C=O) groups is 2. The molecule has 7 heteroatoms. The number of aromatic nitrogens is 1. The Balaban J connectivity index is 1.36. The second-order valence-electron chi connectivity index (χ2n) is 7.20. The van der Waals surface area contributed by atoms with Crippen LogP contribution in [0.25, 0.3) is 0 Å². The lowest BCUT2D eigenvalue weighted by atomic mass is 9.96. The molecular weight excluding hydrogens is 368 g/mol. The van der Waals surface area contributed by atoms with Gasteiger partial charge in [0.1, 0.15) is 5.75 Å². The molecule has 0 bridgehead atoms. The van der Waals surface area contributed by atoms with E-state index in [0.29, 0.717) is 24.8 Å². The van der Waals surface area contributed by atoms with Crippen LogP contribution in [0.3, 0.4) is 0 Å². The molecule has 2 heterocycles. The predicted molar refractivity (Wildman–Crippen MR) is 111 cm³/mol. The van der Waals surface area contributed by atoms with Gasteiger partial charge >= 0.3 is 11.8 Å². The molecule has 1 aromatic carbocycles. The first-order valence-electron chi connectivity index (χ1n) is 10.1. The van der Waals surface area contributed by atoms with Gasteiger partial charge in [0.25, 0.3) is 0 Å². The van der Waals surface area contributed by atoms with E-state index in [1.165, 1.54) is 5.56 Å². The molecule has 29 heavy (non-hydrogen) atoms. The standard InChI is InChI=1S/C22H28N4O3/c1-2-29-20-7-5-19(6-8-20)25-22(28)21(27)24-15-17-9-12-26(13-10-17)16-18-4-3-11-23-14-18/h3-8,11,14,17H,2,9-10,12-13,15-16H2,1H3,(H,24,27)(H,25,28). The normalized spacial score (nSPS) is 14.9. The van der Waals surface area contributed by atoms with Crippen LogP contribution in [-0.2, 0) is 16.1 Å². The van der Waals surface area contributed by atoms with E-state index in [-0.39, 0.29) is 0 Å². The first-order chi connectivity index (χ1) is 14.1. The van der Waals surface area contributed by atoms with Crippen LogP contribution in [0.5, 0.6) is 5.75 Å². The van der Waals surface area contributed by atoms with E-state index in [2.05, 4.69) is 26.6 Å². The van der Waals surface area contributed by atoms with Gasteiger partial charge in [-0.2, -0.15) is 0 Å². The topological polar surface area (TPSA) is 83.6 Å². The van der Waals surface area contributed by atoms with Crippen LogP contribution < -0.4 is 15.4 Å². The summed E-state index contributed by atoms with van der Waals surface area (Å²) in [5, 5.41) is 5.38. The predicted octanol–water partition coefficient (Wildman–Crippen LogP) is 2.45. The number of pyridine rings is 1. The molecule has 2 amide bonds. The summed E-state index contributed by atoms with van der Waals surface area (Å²) in [4.78, 5) is 30.7. The average molecular weight is 396 g/mol. The van der Waals surface area contributed by atoms with Crippen molar-refractivity contribution in [2.24, 2.45) is 5.92 Å². The third-order valence-electron chi connectivity index (χ3n) is 5.02. The number of carbonyl (C=O) groups excluding carboxylic acids is 2. The summed E-state index contributed by atoms with van der Waals surface area (Å²) in [5.41, 5.74) is 1.78. The molecule has 1 aromatic heterocycles. The molecule has 2 aromatic rings. The minimum atomic E-state index is -0.650. The Labute approximate surface area is 171 Å². The summed E-state index contributed by atoms with van der Waals surface area (Å²) in [5.74, 6) is -0.132. The van der Waals surface area contributed by atoms with Crippen molar-refractivity contribution in [3.63, 3.8) is 0 Å². The van der Waals surface area contributed by atoms with Gasteiger partial charge in [0.15, 0.2) is 0 Å². The zero-order valence-corrected chi connectivity index (χ0v) is 16.8. The average Bonchev–Trinajstić information content (AvgIpc) is 2.75. The van der Waals surface area contributed by atoms with Crippen LogP contribution in [-0.4, -0.2) is 47.9 Å². The number of benzene rings is 1. The number of likely N-dealkylation sites (tertiary alicyclic amines) is 1. The fourth-order valence-corrected chi connectivity index (χ4v) is 3.40. The van der Waals surface area contributed by atoms with Crippen molar-refractivity contribution in [2.45, 2.75) is 26.3 Å². The largest absolute Gasteiger partial charge is 0.494 e. The number of hydrogen-bond donors (Lipinski definition) is 2. The summed E-state index contributed by atoms with van der Waals surface area (Å²) in [6, 6.07) is 11.0. The van der Waals surface area contributed by atoms with Crippen LogP contribution in [0.4, 0.5) is 5.69 Å². The molecule has 0 atom stereocenters. The molecule has 0 unspecified atom stereocenters. The van der Waals surface area contributed by atoms with Gasteiger partial charge in [-0.05, 0) is 74.7 Å². The van der Waals surface area contributed by atoms with E-state index in [0.717, 1.165) is 38.2 Å². The molecule has 3 rings (SSSR count). The summed E-state index contributed by atoms with van der Waals surface area (Å²) in [6.45, 7) is 5.87. The Morgan fingerprint density at radius 3 is 2.55 bits per heavy atom. The van der Waals surface area contributed by atoms with Crippen molar-refractivity contribution in [1.29, 1.82) is 0 Å². The maximum atomic E-state index is 12.1. The second kappa shape index (κ2) is 10.6. The molecule has 2 N–H and O–H groups in total. The molecule has 1 aliphatic heterocycles. The molecule has 0 spiro atoms. The Morgan fingerprint density at radius 2 is 1.90 bits per heavy atom. The Hall–Kier alpha value is -2.93. The van der Waals surface area contributed by atoms with Crippen molar-refractivity contribution in [2.75, 3.05) is 31.6 Å². The number of ether oxygens (including phenoxy) is 1. The zero-order valence-electron chi connectivity index (χ0n) is 16.8. The first-order valence-corrected chi connectivity index (χ1v) is 10.1. The summed E-state index contributed by atoms with van der Waals surface area (Å²) >= 11 is 0. The fourth-order valence-electron chi connectivity index (χ4n) is 3.40. The molecule has 154 valence electrons. The maximum Gasteiger partial charge on any atom is 0.313 e. The highest BCUT2D eigenvalue weighted by atomic mass is 16.5. The van der Waals surface area contributed by atoms with Gasteiger partial charge in [-0.1, -0.05) is 6.07 Å². The van der Waals surface area contributed by atoms with Crippen molar-refractivity contribution in [3.05, 3.63) is 54.4 Å². The maximum absolute atomic E-state index is 12.1. The highest BCUT2D eigenvalue weighted by Gasteiger charge is 2.21. The smallest absolute Gasteiger partial charge is 0.313 e. The zero-order chi connectivity index (χ0) is 20.5. The van der Waals surface area contributed by atoms with Crippen LogP contribution in [0, 0.1) is 5.92 Å². The van der Waals surface area contributed by atoms with Gasteiger partial charge in [0.2, 0.25) is 0 Å². The van der Waals surface area contributed by atoms with Crippen LogP contribution in [0.15, 0.2) is 48.8 Å². The van der Waals surface area contributed by atoms with Crippen molar-refractivity contribution in [3.8, 4) is 5.75 Å². The first kappa shape index (κ1) is 20.8. The van der Waals surface area contributed by atoms with Gasteiger partial charge in [-0.3, -0.25) is 19.5 Å². The Morgan fingerprint density at radius 1 is 1.14 bits per heavy atom. The molecule has 1 saturated heterocycles. The molecule has 0 saturated carbocycles. The molecular formula is C22H28N4O3. The van der Waals surface area contributed by atoms with Crippen molar-refractivity contribution < 1.29 is 14.3 Å². The summed E-state index contributed by atoms with van der Waals surface area (Å²) < 4.78 is 5.36. The third-order valence-corrected chi connectivity index (χ3v) is 5.02. The molecule has 1 fully saturated rings. The molecule has 0 aliphatic carbocycles. The lowest BCUT2D eigenvalue weighted by Crippen LogP contribution is -2.41. The van der Waals surface area contributed by atoms with Crippen LogP contribution >= 0.6 is 0 Å². The van der Waals surface area contributed by atoms with Gasteiger partial charge in [-0.25, -0.2) is 0 Å². The minimum Gasteiger partial charge on any atom is -0.494 e. The monoisotopic (exact) mass is 396 g/mol. The molecule has 1 aliphatic rings. The number of anilines is 1. The lowest BCUT2D eigenvalue weighted by Gasteiger charge is -2.31. The van der Waals surface area contributed by atoms with E-state index < -0.39 is 11.8 Å². The van der Waals surface area contributed by atoms with Gasteiger partial charge in [-0.15, -0.1) is 0 Å². The highest BCUT2D eigenvalue weighted by Crippen LogP contribution is 2.18. The summed E-state index contributed by atoms with van der Waals surface area (Å²) in [7, 11) is 0. The number of piperidine rings is 1. The van der Waals surface area contributed by atoms with E-state index in [4.69, 9.17) is 4.74 Å². The van der Waals surface area contributed by atoms with Crippen molar-refractivity contribution >= 4 is 17.5 Å². The van der Waals surface area contributed by atoms with E-state index >= 15 is 0 Å². The fraction of sp³-hybridized carbons (Fsp3) is 0.409.